The van der Waals surface area contributed by atoms with Gasteiger partial charge < -0.3 is 24.8 Å². The van der Waals surface area contributed by atoms with Crippen molar-refractivity contribution in [1.29, 1.82) is 0 Å². The van der Waals surface area contributed by atoms with Crippen molar-refractivity contribution in [2.24, 2.45) is 0 Å². The van der Waals surface area contributed by atoms with E-state index in [1.54, 1.807) is 13.3 Å². The van der Waals surface area contributed by atoms with Crippen LogP contribution in [0.25, 0.3) is 22.3 Å². The molecule has 1 saturated carbocycles. The van der Waals surface area contributed by atoms with E-state index >= 15 is 4.39 Å². The molecule has 1 saturated heterocycles. The van der Waals surface area contributed by atoms with Gasteiger partial charge in [-0.05, 0) is 109 Å². The van der Waals surface area contributed by atoms with Crippen LogP contribution < -0.4 is 10.2 Å². The van der Waals surface area contributed by atoms with Crippen LogP contribution in [0, 0.1) is 12.7 Å². The average Bonchev–Trinajstić information content (AvgIpc) is 3.51. The molecule has 0 unspecified atom stereocenters. The Kier molecular flexibility index (Phi) is 7.38. The molecule has 9 nitrogen and oxygen atoms in total. The Morgan fingerprint density at radius 2 is 1.80 bits per heavy atom. The van der Waals surface area contributed by atoms with Crippen LogP contribution in [0.5, 0.6) is 0 Å². The Labute approximate surface area is 268 Å². The lowest BCUT2D eigenvalue weighted by Gasteiger charge is -2.48. The number of aromatic nitrogens is 3. The Morgan fingerprint density at radius 3 is 2.50 bits per heavy atom. The van der Waals surface area contributed by atoms with Crippen LogP contribution in [0.3, 0.4) is 0 Å². The zero-order valence-electron chi connectivity index (χ0n) is 27.1. The fourth-order valence-corrected chi connectivity index (χ4v) is 7.47. The SMILES string of the molecule is Cc1cc(F)c(Nc2nc(-c3ccc4c(c3)N([C@H]3C[C@@H](N5CCCCC5)C3)C(=O)C4(C)C)cc3ncn(C(C)C)c23)cc1C(=O)O. The third-order valence-electron chi connectivity index (χ3n) is 10.2. The van der Waals surface area contributed by atoms with E-state index in [0.29, 0.717) is 34.2 Å². The van der Waals surface area contributed by atoms with Crippen LogP contribution in [0.2, 0.25) is 0 Å². The molecule has 0 radical (unpaired) electrons. The number of nitrogens with one attached hydrogen (secondary N) is 1. The number of imidazole rings is 1. The zero-order valence-corrected chi connectivity index (χ0v) is 27.1. The first-order valence-corrected chi connectivity index (χ1v) is 16.3. The first kappa shape index (κ1) is 30.3. The van der Waals surface area contributed by atoms with Gasteiger partial charge in [0.2, 0.25) is 5.91 Å². The predicted molar refractivity (Wildman–Crippen MR) is 177 cm³/mol. The van der Waals surface area contributed by atoms with Crippen molar-refractivity contribution in [1.82, 2.24) is 19.4 Å². The number of anilines is 3. The number of carbonyl (C=O) groups excluding carboxylic acids is 1. The van der Waals surface area contributed by atoms with Crippen molar-refractivity contribution in [2.45, 2.75) is 90.3 Å². The summed E-state index contributed by atoms with van der Waals surface area (Å²) in [6.07, 6.45) is 7.52. The molecule has 1 aliphatic carbocycles. The number of fused-ring (bicyclic) bond motifs is 2. The number of carbonyl (C=O) groups is 2. The van der Waals surface area contributed by atoms with Crippen LogP contribution in [-0.2, 0) is 10.2 Å². The van der Waals surface area contributed by atoms with Gasteiger partial charge in [0, 0.05) is 29.4 Å². The molecule has 2 aromatic carbocycles. The van der Waals surface area contributed by atoms with E-state index in [4.69, 9.17) is 4.98 Å². The van der Waals surface area contributed by atoms with Crippen molar-refractivity contribution in [2.75, 3.05) is 23.3 Å². The number of hydrogen-bond acceptors (Lipinski definition) is 6. The minimum Gasteiger partial charge on any atom is -0.478 e. The number of aryl methyl sites for hydroxylation is 1. The van der Waals surface area contributed by atoms with E-state index in [-0.39, 0.29) is 29.2 Å². The monoisotopic (exact) mass is 624 g/mol. The highest BCUT2D eigenvalue weighted by molar-refractivity contribution is 6.09. The standard InChI is InChI=1S/C36H41FN6O3/c1-20(2)42-19-38-30-18-28(39-33(32(30)42)40-29-17-25(34(44)45)21(3)13-27(29)37)22-9-10-26-31(14-22)43(35(46)36(26,4)5)24-15-23(16-24)41-11-7-6-8-12-41/h9-10,13-14,17-20,23-24H,6-8,11-12,15-16H2,1-5H3,(H,39,40)(H,44,45)/t23-,24+. The molecule has 1 amide bonds. The highest BCUT2D eigenvalue weighted by atomic mass is 19.1. The van der Waals surface area contributed by atoms with Crippen LogP contribution in [0.15, 0.2) is 42.7 Å². The number of benzene rings is 2. The van der Waals surface area contributed by atoms with Gasteiger partial charge in [-0.25, -0.2) is 19.2 Å². The van der Waals surface area contributed by atoms with Gasteiger partial charge >= 0.3 is 5.97 Å². The smallest absolute Gasteiger partial charge is 0.336 e. The minimum atomic E-state index is -1.13. The molecule has 4 aromatic rings. The summed E-state index contributed by atoms with van der Waals surface area (Å²) < 4.78 is 17.2. The van der Waals surface area contributed by atoms with E-state index in [9.17, 15) is 14.7 Å². The van der Waals surface area contributed by atoms with Gasteiger partial charge in [-0.15, -0.1) is 0 Å². The summed E-state index contributed by atoms with van der Waals surface area (Å²) >= 11 is 0. The summed E-state index contributed by atoms with van der Waals surface area (Å²) in [6, 6.07) is 11.3. The second-order valence-corrected chi connectivity index (χ2v) is 14.0. The molecular formula is C36H41FN6O3. The molecule has 240 valence electrons. The number of amides is 1. The van der Waals surface area contributed by atoms with Gasteiger partial charge in [0.05, 0.1) is 34.2 Å². The van der Waals surface area contributed by atoms with Crippen molar-refractivity contribution in [3.63, 3.8) is 0 Å². The predicted octanol–water partition coefficient (Wildman–Crippen LogP) is 7.21. The number of likely N-dealkylation sites (tertiary alicyclic amines) is 1. The molecule has 0 spiro atoms. The zero-order chi connectivity index (χ0) is 32.5. The van der Waals surface area contributed by atoms with Crippen LogP contribution in [0.1, 0.15) is 87.3 Å². The highest BCUT2D eigenvalue weighted by Crippen LogP contribution is 2.48. The number of carboxylic acid groups (broad SMARTS) is 1. The first-order valence-electron chi connectivity index (χ1n) is 16.3. The van der Waals surface area contributed by atoms with E-state index in [1.807, 2.05) is 55.4 Å². The summed E-state index contributed by atoms with van der Waals surface area (Å²) in [6.45, 7) is 11.9. The van der Waals surface area contributed by atoms with Crippen molar-refractivity contribution in [3.05, 3.63) is 65.2 Å². The Bertz CT molecular complexity index is 1870. The number of hydrogen-bond donors (Lipinski definition) is 2. The van der Waals surface area contributed by atoms with Gasteiger partial charge in [-0.1, -0.05) is 18.6 Å². The summed E-state index contributed by atoms with van der Waals surface area (Å²) in [4.78, 5) is 40.0. The van der Waals surface area contributed by atoms with Crippen LogP contribution >= 0.6 is 0 Å². The van der Waals surface area contributed by atoms with Gasteiger partial charge in [0.1, 0.15) is 11.3 Å². The third-order valence-corrected chi connectivity index (χ3v) is 10.2. The number of nitrogens with zero attached hydrogens (tertiary/aromatic N) is 5. The molecule has 0 bridgehead atoms. The molecule has 46 heavy (non-hydrogen) atoms. The lowest BCUT2D eigenvalue weighted by Crippen LogP contribution is -2.57. The molecule has 2 fully saturated rings. The maximum atomic E-state index is 15.2. The maximum absolute atomic E-state index is 15.2. The Hall–Kier alpha value is -4.31. The summed E-state index contributed by atoms with van der Waals surface area (Å²) in [5, 5.41) is 12.8. The Balaban J connectivity index is 1.28. The molecule has 3 aliphatic rings. The van der Waals surface area contributed by atoms with Gasteiger partial charge in [-0.2, -0.15) is 0 Å². The number of halogens is 1. The quantitative estimate of drug-likeness (QED) is 0.224. The minimum absolute atomic E-state index is 0.0122. The first-order chi connectivity index (χ1) is 21.9. The molecule has 4 heterocycles. The largest absolute Gasteiger partial charge is 0.478 e. The highest BCUT2D eigenvalue weighted by Gasteiger charge is 2.50. The number of carboxylic acids is 1. The molecule has 10 heteroatoms. The van der Waals surface area contributed by atoms with Crippen LogP contribution in [0.4, 0.5) is 21.6 Å². The maximum Gasteiger partial charge on any atom is 0.336 e. The number of aromatic carboxylic acids is 1. The third kappa shape index (κ3) is 4.94. The summed E-state index contributed by atoms with van der Waals surface area (Å²) in [5.74, 6) is -1.20. The molecule has 0 atom stereocenters. The Morgan fingerprint density at radius 1 is 1.07 bits per heavy atom. The number of pyridine rings is 1. The molecule has 2 N–H and O–H groups in total. The number of rotatable bonds is 7. The normalized spacial score (nSPS) is 21.1. The second kappa shape index (κ2) is 11.2. The van der Waals surface area contributed by atoms with E-state index in [1.165, 1.54) is 31.4 Å². The number of piperidine rings is 1. The topological polar surface area (TPSA) is 104 Å². The summed E-state index contributed by atoms with van der Waals surface area (Å²) in [7, 11) is 0. The summed E-state index contributed by atoms with van der Waals surface area (Å²) in [5.41, 5.74) is 4.47. The van der Waals surface area contributed by atoms with Gasteiger partial charge in [0.15, 0.2) is 5.82 Å². The van der Waals surface area contributed by atoms with Gasteiger partial charge in [0.25, 0.3) is 0 Å². The van der Waals surface area contributed by atoms with E-state index in [0.717, 1.165) is 42.7 Å². The fraction of sp³-hybridized carbons (Fsp3) is 0.444. The molecule has 2 aliphatic heterocycles. The lowest BCUT2D eigenvalue weighted by atomic mass is 9.82. The average molecular weight is 625 g/mol. The van der Waals surface area contributed by atoms with Crippen molar-refractivity contribution < 1.29 is 19.1 Å². The molecule has 7 rings (SSSR count). The van der Waals surface area contributed by atoms with Crippen LogP contribution in [-0.4, -0.2) is 61.6 Å². The van der Waals surface area contributed by atoms with Crippen molar-refractivity contribution in [3.8, 4) is 11.3 Å². The second-order valence-electron chi connectivity index (χ2n) is 14.0. The molecule has 2 aromatic heterocycles. The van der Waals surface area contributed by atoms with Gasteiger partial charge in [-0.3, -0.25) is 4.79 Å². The van der Waals surface area contributed by atoms with E-state index < -0.39 is 17.2 Å². The van der Waals surface area contributed by atoms with E-state index in [2.05, 4.69) is 21.3 Å². The molecular weight excluding hydrogens is 583 g/mol. The fourth-order valence-electron chi connectivity index (χ4n) is 7.47. The lowest BCUT2D eigenvalue weighted by molar-refractivity contribution is -0.123. The van der Waals surface area contributed by atoms with Crippen molar-refractivity contribution >= 4 is 40.1 Å².